The van der Waals surface area contributed by atoms with Gasteiger partial charge in [-0.3, -0.25) is 4.90 Å². The Balaban J connectivity index is 2.08. The number of hydrogen-bond donors (Lipinski definition) is 1. The summed E-state index contributed by atoms with van der Waals surface area (Å²) < 4.78 is 19.1. The molecule has 0 aromatic carbocycles. The van der Waals surface area contributed by atoms with E-state index in [0.717, 1.165) is 26.2 Å². The average Bonchev–Trinajstić information content (AvgIpc) is 2.68. The van der Waals surface area contributed by atoms with Crippen LogP contribution in [0.5, 0.6) is 0 Å². The van der Waals surface area contributed by atoms with Crippen molar-refractivity contribution < 1.29 is 8.81 Å². The van der Waals surface area contributed by atoms with E-state index in [1.165, 1.54) is 0 Å². The lowest BCUT2D eigenvalue weighted by atomic mass is 10.2. The van der Waals surface area contributed by atoms with E-state index in [1.54, 1.807) is 6.07 Å². The highest BCUT2D eigenvalue weighted by Gasteiger charge is 2.24. The monoisotopic (exact) mass is 276 g/mol. The Bertz CT molecular complexity index is 312. The van der Waals surface area contributed by atoms with Crippen molar-refractivity contribution >= 4 is 15.9 Å². The first-order valence-corrected chi connectivity index (χ1v) is 5.86. The molecule has 2 heterocycles. The molecule has 1 unspecified atom stereocenters. The van der Waals surface area contributed by atoms with Gasteiger partial charge in [0, 0.05) is 26.2 Å². The molecule has 0 spiro atoms. The van der Waals surface area contributed by atoms with Gasteiger partial charge in [0.2, 0.25) is 0 Å². The van der Waals surface area contributed by atoms with Crippen LogP contribution in [0.25, 0.3) is 0 Å². The molecule has 1 fully saturated rings. The van der Waals surface area contributed by atoms with Gasteiger partial charge in [0.1, 0.15) is 12.4 Å². The molecule has 1 saturated heterocycles. The standard InChI is InChI=1S/C10H14BrFN2O/c11-10-2-1-9(15-10)8(7-12)14-5-3-13-4-6-14/h1-2,8,13H,3-7H2. The van der Waals surface area contributed by atoms with Gasteiger partial charge in [0.05, 0.1) is 6.04 Å². The lowest BCUT2D eigenvalue weighted by molar-refractivity contribution is 0.129. The zero-order valence-electron chi connectivity index (χ0n) is 8.38. The van der Waals surface area contributed by atoms with E-state index in [-0.39, 0.29) is 6.04 Å². The predicted octanol–water partition coefficient (Wildman–Crippen LogP) is 1.96. The quantitative estimate of drug-likeness (QED) is 0.915. The van der Waals surface area contributed by atoms with Gasteiger partial charge < -0.3 is 9.73 Å². The molecule has 2 rings (SSSR count). The molecule has 1 atom stereocenters. The number of piperazine rings is 1. The zero-order chi connectivity index (χ0) is 10.7. The molecule has 1 aromatic heterocycles. The van der Waals surface area contributed by atoms with Crippen LogP contribution in [0.1, 0.15) is 11.8 Å². The van der Waals surface area contributed by atoms with E-state index >= 15 is 0 Å². The lowest BCUT2D eigenvalue weighted by Gasteiger charge is -2.32. The molecular weight excluding hydrogens is 263 g/mol. The van der Waals surface area contributed by atoms with E-state index in [4.69, 9.17) is 4.42 Å². The Morgan fingerprint density at radius 2 is 2.20 bits per heavy atom. The van der Waals surface area contributed by atoms with Crippen LogP contribution in [0.2, 0.25) is 0 Å². The normalized spacial score (nSPS) is 20.4. The third kappa shape index (κ3) is 2.59. The van der Waals surface area contributed by atoms with Crippen molar-refractivity contribution in [2.45, 2.75) is 6.04 Å². The lowest BCUT2D eigenvalue weighted by Crippen LogP contribution is -2.45. The minimum absolute atomic E-state index is 0.238. The van der Waals surface area contributed by atoms with E-state index in [0.29, 0.717) is 10.4 Å². The third-order valence-corrected chi connectivity index (χ3v) is 3.09. The van der Waals surface area contributed by atoms with Crippen LogP contribution in [0.3, 0.4) is 0 Å². The minimum atomic E-state index is -0.403. The fraction of sp³-hybridized carbons (Fsp3) is 0.600. The Labute approximate surface area is 96.8 Å². The van der Waals surface area contributed by atoms with Gasteiger partial charge in [-0.15, -0.1) is 0 Å². The molecule has 0 saturated carbocycles. The molecule has 5 heteroatoms. The second-order valence-electron chi connectivity index (χ2n) is 3.60. The SMILES string of the molecule is FCC(c1ccc(Br)o1)N1CCNCC1. The van der Waals surface area contributed by atoms with Gasteiger partial charge >= 0.3 is 0 Å². The third-order valence-electron chi connectivity index (χ3n) is 2.66. The van der Waals surface area contributed by atoms with Crippen LogP contribution in [-0.4, -0.2) is 37.8 Å². The summed E-state index contributed by atoms with van der Waals surface area (Å²) in [5.74, 6) is 0.700. The molecule has 84 valence electrons. The van der Waals surface area contributed by atoms with Gasteiger partial charge in [-0.05, 0) is 28.1 Å². The molecule has 15 heavy (non-hydrogen) atoms. The van der Waals surface area contributed by atoms with Crippen molar-refractivity contribution in [2.75, 3.05) is 32.9 Å². The summed E-state index contributed by atoms with van der Waals surface area (Å²) in [6.07, 6.45) is 0. The second-order valence-corrected chi connectivity index (χ2v) is 4.38. The highest BCUT2D eigenvalue weighted by atomic mass is 79.9. The van der Waals surface area contributed by atoms with Crippen molar-refractivity contribution in [1.29, 1.82) is 0 Å². The molecule has 3 nitrogen and oxygen atoms in total. The summed E-state index contributed by atoms with van der Waals surface area (Å²) >= 11 is 3.23. The summed E-state index contributed by atoms with van der Waals surface area (Å²) in [5.41, 5.74) is 0. The number of halogens is 2. The number of hydrogen-bond acceptors (Lipinski definition) is 3. The minimum Gasteiger partial charge on any atom is -0.453 e. The van der Waals surface area contributed by atoms with E-state index in [9.17, 15) is 4.39 Å². The number of nitrogens with zero attached hydrogens (tertiary/aromatic N) is 1. The average molecular weight is 277 g/mol. The first kappa shape index (κ1) is 11.1. The maximum absolute atomic E-state index is 13.0. The maximum atomic E-state index is 13.0. The van der Waals surface area contributed by atoms with Crippen LogP contribution in [-0.2, 0) is 0 Å². The summed E-state index contributed by atoms with van der Waals surface area (Å²) in [6.45, 7) is 3.16. The topological polar surface area (TPSA) is 28.4 Å². The number of rotatable bonds is 3. The van der Waals surface area contributed by atoms with E-state index in [2.05, 4.69) is 26.1 Å². The Morgan fingerprint density at radius 1 is 1.47 bits per heavy atom. The van der Waals surface area contributed by atoms with Crippen molar-refractivity contribution in [1.82, 2.24) is 10.2 Å². The number of alkyl halides is 1. The van der Waals surface area contributed by atoms with Crippen molar-refractivity contribution in [2.24, 2.45) is 0 Å². The van der Waals surface area contributed by atoms with Crippen LogP contribution >= 0.6 is 15.9 Å². The van der Waals surface area contributed by atoms with Gasteiger partial charge in [0.25, 0.3) is 0 Å². The maximum Gasteiger partial charge on any atom is 0.169 e. The Hall–Kier alpha value is -0.390. The Morgan fingerprint density at radius 3 is 2.73 bits per heavy atom. The molecule has 1 N–H and O–H groups in total. The predicted molar refractivity (Wildman–Crippen MR) is 59.6 cm³/mol. The smallest absolute Gasteiger partial charge is 0.169 e. The molecule has 0 aliphatic carbocycles. The molecule has 1 aliphatic heterocycles. The van der Waals surface area contributed by atoms with Gasteiger partial charge in [-0.25, -0.2) is 4.39 Å². The molecule has 1 aromatic rings. The molecule has 0 amide bonds. The van der Waals surface area contributed by atoms with Gasteiger partial charge in [0.15, 0.2) is 4.67 Å². The van der Waals surface area contributed by atoms with Crippen LogP contribution in [0.15, 0.2) is 21.2 Å². The molecule has 0 bridgehead atoms. The summed E-state index contributed by atoms with van der Waals surface area (Å²) in [6, 6.07) is 3.40. The highest BCUT2D eigenvalue weighted by molar-refractivity contribution is 9.10. The number of nitrogens with one attached hydrogen (secondary N) is 1. The van der Waals surface area contributed by atoms with Gasteiger partial charge in [-0.2, -0.15) is 0 Å². The van der Waals surface area contributed by atoms with E-state index in [1.807, 2.05) is 6.07 Å². The number of furan rings is 1. The summed E-state index contributed by atoms with van der Waals surface area (Å²) in [5, 5.41) is 3.25. The van der Waals surface area contributed by atoms with Crippen LogP contribution < -0.4 is 5.32 Å². The summed E-state index contributed by atoms with van der Waals surface area (Å²) in [7, 11) is 0. The fourth-order valence-corrected chi connectivity index (χ4v) is 2.17. The first-order chi connectivity index (χ1) is 7.31. The zero-order valence-corrected chi connectivity index (χ0v) is 9.96. The van der Waals surface area contributed by atoms with Crippen molar-refractivity contribution in [3.63, 3.8) is 0 Å². The Kier molecular flexibility index (Phi) is 3.77. The molecule has 1 aliphatic rings. The fourth-order valence-electron chi connectivity index (χ4n) is 1.85. The molecular formula is C10H14BrFN2O. The van der Waals surface area contributed by atoms with Crippen LogP contribution in [0.4, 0.5) is 4.39 Å². The van der Waals surface area contributed by atoms with Crippen molar-refractivity contribution in [3.05, 3.63) is 22.6 Å². The largest absolute Gasteiger partial charge is 0.453 e. The summed E-state index contributed by atoms with van der Waals surface area (Å²) in [4.78, 5) is 2.11. The second kappa shape index (κ2) is 5.09. The molecule has 0 radical (unpaired) electrons. The van der Waals surface area contributed by atoms with Crippen molar-refractivity contribution in [3.8, 4) is 0 Å². The van der Waals surface area contributed by atoms with E-state index < -0.39 is 6.67 Å². The van der Waals surface area contributed by atoms with Gasteiger partial charge in [-0.1, -0.05) is 0 Å². The van der Waals surface area contributed by atoms with Crippen LogP contribution in [0, 0.1) is 0 Å². The first-order valence-electron chi connectivity index (χ1n) is 5.07. The highest BCUT2D eigenvalue weighted by Crippen LogP contribution is 2.25.